The summed E-state index contributed by atoms with van der Waals surface area (Å²) < 4.78 is 0. The van der Waals surface area contributed by atoms with E-state index in [0.717, 1.165) is 11.4 Å². The third kappa shape index (κ3) is 4.11. The van der Waals surface area contributed by atoms with Crippen LogP contribution >= 0.6 is 0 Å². The van der Waals surface area contributed by atoms with E-state index in [1.54, 1.807) is 6.92 Å². The van der Waals surface area contributed by atoms with Gasteiger partial charge in [0.2, 0.25) is 0 Å². The van der Waals surface area contributed by atoms with Crippen molar-refractivity contribution in [2.45, 2.75) is 41.5 Å². The Morgan fingerprint density at radius 1 is 1.00 bits per heavy atom. The number of hydrogen-bond donors (Lipinski definition) is 1. The molecule has 13 heavy (non-hydrogen) atoms. The maximum Gasteiger partial charge on any atom is 0.111 e. The van der Waals surface area contributed by atoms with Crippen LogP contribution in [0.3, 0.4) is 0 Å². The molecule has 0 rings (SSSR count). The molecular formula is C11H21NO. The van der Waals surface area contributed by atoms with Crippen LogP contribution in [0.5, 0.6) is 0 Å². The minimum atomic E-state index is 0.277. The van der Waals surface area contributed by atoms with Crippen molar-refractivity contribution in [3.8, 4) is 0 Å². The summed E-state index contributed by atoms with van der Waals surface area (Å²) in [6.07, 6.45) is 0. The first-order valence-corrected chi connectivity index (χ1v) is 4.81. The minimum absolute atomic E-state index is 0.277. The van der Waals surface area contributed by atoms with Crippen molar-refractivity contribution in [1.29, 1.82) is 0 Å². The first-order chi connectivity index (χ1) is 5.86. The molecule has 0 aliphatic rings. The number of aliphatic hydroxyl groups is 1. The second kappa shape index (κ2) is 5.05. The van der Waals surface area contributed by atoms with Gasteiger partial charge in [-0.3, -0.25) is 4.99 Å². The van der Waals surface area contributed by atoms with Gasteiger partial charge >= 0.3 is 0 Å². The predicted molar refractivity (Wildman–Crippen MR) is 58.1 cm³/mol. The van der Waals surface area contributed by atoms with Crippen molar-refractivity contribution in [2.24, 2.45) is 16.8 Å². The van der Waals surface area contributed by atoms with Crippen LogP contribution in [0.25, 0.3) is 0 Å². The van der Waals surface area contributed by atoms with Gasteiger partial charge in [-0.15, -0.1) is 0 Å². The molecule has 1 N–H and O–H groups in total. The Labute approximate surface area is 81.4 Å². The molecule has 0 unspecified atom stereocenters. The smallest absolute Gasteiger partial charge is 0.111 e. The van der Waals surface area contributed by atoms with Crippen LogP contribution in [-0.2, 0) is 0 Å². The number of rotatable bonds is 3. The Morgan fingerprint density at radius 2 is 1.46 bits per heavy atom. The number of aliphatic hydroxyl groups excluding tert-OH is 1. The maximum absolute atomic E-state index is 9.39. The molecule has 0 saturated heterocycles. The summed E-state index contributed by atoms with van der Waals surface area (Å²) in [5, 5.41) is 9.39. The van der Waals surface area contributed by atoms with Crippen LogP contribution in [0.1, 0.15) is 41.5 Å². The normalized spacial score (nSPS) is 15.2. The first-order valence-electron chi connectivity index (χ1n) is 4.81. The van der Waals surface area contributed by atoms with Gasteiger partial charge in [0.15, 0.2) is 0 Å². The first kappa shape index (κ1) is 12.2. The SMILES string of the molecule is CC(=N/C(=C(/C)O)C(C)C)C(C)C. The van der Waals surface area contributed by atoms with Crippen LogP contribution in [0, 0.1) is 11.8 Å². The van der Waals surface area contributed by atoms with E-state index in [0.29, 0.717) is 11.7 Å². The van der Waals surface area contributed by atoms with Crippen LogP contribution in [0.15, 0.2) is 16.4 Å². The molecule has 0 bridgehead atoms. The molecule has 0 amide bonds. The van der Waals surface area contributed by atoms with Gasteiger partial charge in [0.05, 0.1) is 5.70 Å². The van der Waals surface area contributed by atoms with Crippen molar-refractivity contribution in [3.05, 3.63) is 11.5 Å². The van der Waals surface area contributed by atoms with E-state index in [4.69, 9.17) is 0 Å². The summed E-state index contributed by atoms with van der Waals surface area (Å²) in [7, 11) is 0. The number of aliphatic imine (C=N–C) groups is 1. The van der Waals surface area contributed by atoms with Crippen LogP contribution < -0.4 is 0 Å². The van der Waals surface area contributed by atoms with Gasteiger partial charge < -0.3 is 5.11 Å². The highest BCUT2D eigenvalue weighted by molar-refractivity contribution is 5.84. The van der Waals surface area contributed by atoms with Gasteiger partial charge in [0.25, 0.3) is 0 Å². The highest BCUT2D eigenvalue weighted by Crippen LogP contribution is 2.16. The molecule has 0 aliphatic heterocycles. The zero-order chi connectivity index (χ0) is 10.6. The second-order valence-electron chi connectivity index (χ2n) is 4.03. The molecule has 76 valence electrons. The Balaban J connectivity index is 4.83. The number of hydrogen-bond acceptors (Lipinski definition) is 2. The molecule has 2 heteroatoms. The lowest BCUT2D eigenvalue weighted by atomic mass is 10.1. The molecule has 0 saturated carbocycles. The molecule has 0 aromatic heterocycles. The third-order valence-electron chi connectivity index (χ3n) is 2.05. The molecule has 2 nitrogen and oxygen atoms in total. The van der Waals surface area contributed by atoms with Gasteiger partial charge in [-0.05, 0) is 25.7 Å². The van der Waals surface area contributed by atoms with Gasteiger partial charge in [-0.1, -0.05) is 27.7 Å². The van der Waals surface area contributed by atoms with Crippen molar-refractivity contribution in [2.75, 3.05) is 0 Å². The lowest BCUT2D eigenvalue weighted by molar-refractivity contribution is 0.397. The van der Waals surface area contributed by atoms with E-state index in [2.05, 4.69) is 18.8 Å². The molecule has 0 aromatic carbocycles. The predicted octanol–water partition coefficient (Wildman–Crippen LogP) is 3.55. The zero-order valence-corrected chi connectivity index (χ0v) is 9.55. The fourth-order valence-electron chi connectivity index (χ4n) is 0.947. The lowest BCUT2D eigenvalue weighted by Crippen LogP contribution is -2.05. The van der Waals surface area contributed by atoms with Gasteiger partial charge in [0, 0.05) is 5.71 Å². The molecule has 0 heterocycles. The summed E-state index contributed by atoms with van der Waals surface area (Å²) in [4.78, 5) is 4.42. The summed E-state index contributed by atoms with van der Waals surface area (Å²) in [6.45, 7) is 12.0. The molecule has 0 radical (unpaired) electrons. The number of allylic oxidation sites excluding steroid dienone is 2. The lowest BCUT2D eigenvalue weighted by Gasteiger charge is -2.10. The zero-order valence-electron chi connectivity index (χ0n) is 9.55. The molecular weight excluding hydrogens is 162 g/mol. The van der Waals surface area contributed by atoms with E-state index in [1.165, 1.54) is 0 Å². The Hall–Kier alpha value is -0.790. The fourth-order valence-corrected chi connectivity index (χ4v) is 0.947. The monoisotopic (exact) mass is 183 g/mol. The fraction of sp³-hybridized carbons (Fsp3) is 0.727. The second-order valence-corrected chi connectivity index (χ2v) is 4.03. The van der Waals surface area contributed by atoms with Crippen molar-refractivity contribution in [3.63, 3.8) is 0 Å². The van der Waals surface area contributed by atoms with Crippen LogP contribution in [0.2, 0.25) is 0 Å². The summed E-state index contributed by atoms with van der Waals surface area (Å²) in [6, 6.07) is 0. The van der Waals surface area contributed by atoms with Gasteiger partial charge in [0.1, 0.15) is 5.76 Å². The van der Waals surface area contributed by atoms with Crippen LogP contribution in [0.4, 0.5) is 0 Å². The van der Waals surface area contributed by atoms with Gasteiger partial charge in [-0.25, -0.2) is 0 Å². The summed E-state index contributed by atoms with van der Waals surface area (Å²) in [5.74, 6) is 1.04. The molecule has 0 fully saturated rings. The minimum Gasteiger partial charge on any atom is -0.511 e. The topological polar surface area (TPSA) is 32.6 Å². The quantitative estimate of drug-likeness (QED) is 0.526. The van der Waals surface area contributed by atoms with Crippen molar-refractivity contribution >= 4 is 5.71 Å². The van der Waals surface area contributed by atoms with E-state index in [9.17, 15) is 5.11 Å². The number of nitrogens with zero attached hydrogens (tertiary/aromatic N) is 1. The average molecular weight is 183 g/mol. The van der Waals surface area contributed by atoms with E-state index in [1.807, 2.05) is 20.8 Å². The largest absolute Gasteiger partial charge is 0.511 e. The summed E-state index contributed by atoms with van der Waals surface area (Å²) in [5.41, 5.74) is 1.86. The Morgan fingerprint density at radius 3 is 1.69 bits per heavy atom. The standard InChI is InChI=1S/C11H21NO/c1-7(2)9(5)12-11(8(3)4)10(6)13/h7-8,13H,1-6H3/b11-10-,12-9?. The van der Waals surface area contributed by atoms with Crippen molar-refractivity contribution < 1.29 is 5.11 Å². The molecule has 0 spiro atoms. The highest BCUT2D eigenvalue weighted by atomic mass is 16.3. The molecule has 0 aromatic rings. The highest BCUT2D eigenvalue weighted by Gasteiger charge is 2.07. The van der Waals surface area contributed by atoms with E-state index < -0.39 is 0 Å². The van der Waals surface area contributed by atoms with E-state index >= 15 is 0 Å². The summed E-state index contributed by atoms with van der Waals surface area (Å²) >= 11 is 0. The van der Waals surface area contributed by atoms with Crippen molar-refractivity contribution in [1.82, 2.24) is 0 Å². The third-order valence-corrected chi connectivity index (χ3v) is 2.05. The van der Waals surface area contributed by atoms with Crippen LogP contribution in [-0.4, -0.2) is 10.8 Å². The maximum atomic E-state index is 9.39. The Kier molecular flexibility index (Phi) is 4.74. The van der Waals surface area contributed by atoms with E-state index in [-0.39, 0.29) is 5.92 Å². The Bertz CT molecular complexity index is 220. The molecule has 0 atom stereocenters. The average Bonchev–Trinajstić information content (AvgIpc) is 1.97. The molecule has 0 aliphatic carbocycles. The van der Waals surface area contributed by atoms with Gasteiger partial charge in [-0.2, -0.15) is 0 Å².